The van der Waals surface area contributed by atoms with E-state index in [0.717, 1.165) is 66.1 Å². The van der Waals surface area contributed by atoms with Crippen molar-refractivity contribution >= 4 is 97.6 Å². The number of rotatable bonds is 0. The fourth-order valence-electron chi connectivity index (χ4n) is 1.64. The Balaban J connectivity index is 0.000000443. The molecular weight excluding hydrogens is 511 g/mol. The molecule has 2 aliphatic heterocycles. The first-order valence-electron chi connectivity index (χ1n) is 7.45. The first-order chi connectivity index (χ1) is 11.4. The average Bonchev–Trinajstić information content (AvgIpc) is 2.64. The Morgan fingerprint density at radius 1 is 0.560 bits per heavy atom. The molecular formula is C14H22N2NiS8-4. The van der Waals surface area contributed by atoms with Gasteiger partial charge in [-0.3, -0.25) is 0 Å². The van der Waals surface area contributed by atoms with Crippen molar-refractivity contribution in [2.24, 2.45) is 0 Å². The Morgan fingerprint density at radius 3 is 0.960 bits per heavy atom. The summed E-state index contributed by atoms with van der Waals surface area (Å²) in [6.07, 6.45) is 0. The van der Waals surface area contributed by atoms with Crippen LogP contribution in [-0.4, -0.2) is 73.1 Å². The summed E-state index contributed by atoms with van der Waals surface area (Å²) >= 11 is 27.4. The predicted octanol–water partition coefficient (Wildman–Crippen LogP) is 3.23. The van der Waals surface area contributed by atoms with Gasteiger partial charge in [-0.15, -0.1) is 0 Å². The first kappa shape index (κ1) is 27.2. The van der Waals surface area contributed by atoms with Gasteiger partial charge in [0, 0.05) is 65.7 Å². The molecule has 0 aromatic rings. The number of thioether (sulfide) groups is 4. The average molecular weight is 534 g/mol. The fourth-order valence-corrected chi connectivity index (χ4v) is 6.88. The molecule has 0 saturated carbocycles. The molecule has 0 spiro atoms. The van der Waals surface area contributed by atoms with Gasteiger partial charge < -0.3 is 60.3 Å². The van der Waals surface area contributed by atoms with E-state index in [0.29, 0.717) is 0 Å². The third kappa shape index (κ3) is 13.1. The van der Waals surface area contributed by atoms with Crippen LogP contribution < -0.4 is 0 Å². The molecule has 0 atom stereocenters. The van der Waals surface area contributed by atoms with Crippen molar-refractivity contribution in [2.45, 2.75) is 0 Å². The topological polar surface area (TPSA) is 6.48 Å². The summed E-state index contributed by atoms with van der Waals surface area (Å²) in [5, 5.41) is 0. The van der Waals surface area contributed by atoms with Crippen LogP contribution in [0, 0.1) is 0 Å². The summed E-state index contributed by atoms with van der Waals surface area (Å²) in [6.45, 7) is 4.42. The maximum Gasteiger partial charge on any atom is 0.00868 e. The zero-order valence-electron chi connectivity index (χ0n) is 14.1. The van der Waals surface area contributed by atoms with Crippen LogP contribution in [0.25, 0.3) is 0 Å². The van der Waals surface area contributed by atoms with Crippen molar-refractivity contribution in [2.75, 3.05) is 63.3 Å². The molecule has 25 heavy (non-hydrogen) atoms. The van der Waals surface area contributed by atoms with Crippen molar-refractivity contribution in [3.05, 3.63) is 16.9 Å². The second-order valence-corrected chi connectivity index (χ2v) is 12.2. The van der Waals surface area contributed by atoms with Gasteiger partial charge in [-0.1, -0.05) is 0 Å². The second-order valence-electron chi connectivity index (χ2n) is 5.15. The molecule has 0 unspecified atom stereocenters. The second kappa shape index (κ2) is 16.0. The van der Waals surface area contributed by atoms with Crippen molar-refractivity contribution in [3.8, 4) is 0 Å². The van der Waals surface area contributed by atoms with Gasteiger partial charge in [0.2, 0.25) is 0 Å². The van der Waals surface area contributed by atoms with Crippen LogP contribution in [0.5, 0.6) is 0 Å². The largest absolute Gasteiger partial charge is 0.774 e. The number of hydrogen-bond acceptors (Lipinski definition) is 10. The molecule has 0 radical (unpaired) electrons. The van der Waals surface area contributed by atoms with Gasteiger partial charge in [0.15, 0.2) is 0 Å². The monoisotopic (exact) mass is 532 g/mol. The molecule has 0 N–H and O–H groups in total. The van der Waals surface area contributed by atoms with Gasteiger partial charge in [0.1, 0.15) is 0 Å². The van der Waals surface area contributed by atoms with Gasteiger partial charge in [-0.05, 0) is 14.1 Å². The van der Waals surface area contributed by atoms with E-state index in [1.165, 1.54) is 0 Å². The van der Waals surface area contributed by atoms with Gasteiger partial charge in [-0.2, -0.15) is 64.0 Å². The Labute approximate surface area is 202 Å². The normalized spacial score (nSPS) is 27.9. The zero-order chi connectivity index (χ0) is 17.9. The van der Waals surface area contributed by atoms with Crippen molar-refractivity contribution in [1.29, 1.82) is 0 Å². The molecule has 0 amide bonds. The summed E-state index contributed by atoms with van der Waals surface area (Å²) in [6, 6.07) is 0. The molecule has 0 aromatic heterocycles. The van der Waals surface area contributed by atoms with Gasteiger partial charge in [0.25, 0.3) is 0 Å². The van der Waals surface area contributed by atoms with Crippen LogP contribution in [0.3, 0.4) is 0 Å². The number of hydrogen-bond donors (Lipinski definition) is 0. The molecule has 0 saturated heterocycles. The van der Waals surface area contributed by atoms with Crippen LogP contribution in [0.1, 0.15) is 0 Å². The van der Waals surface area contributed by atoms with Gasteiger partial charge in [-0.25, -0.2) is 0 Å². The maximum atomic E-state index is 5.16. The van der Waals surface area contributed by atoms with Crippen LogP contribution in [0.2, 0.25) is 0 Å². The van der Waals surface area contributed by atoms with E-state index in [4.69, 9.17) is 50.5 Å². The molecule has 150 valence electrons. The minimum Gasteiger partial charge on any atom is -0.774 e. The Morgan fingerprint density at radius 2 is 0.760 bits per heavy atom. The predicted molar refractivity (Wildman–Crippen MR) is 128 cm³/mol. The van der Waals surface area contributed by atoms with E-state index in [1.807, 2.05) is 0 Å². The van der Waals surface area contributed by atoms with E-state index in [1.54, 1.807) is 47.0 Å². The number of nitrogens with zero attached hydrogens (tertiary/aromatic N) is 2. The van der Waals surface area contributed by atoms with E-state index < -0.39 is 0 Å². The molecule has 0 fully saturated rings. The van der Waals surface area contributed by atoms with E-state index in [2.05, 4.69) is 23.9 Å². The minimum absolute atomic E-state index is 0. The molecule has 0 aromatic carbocycles. The summed E-state index contributed by atoms with van der Waals surface area (Å²) in [7, 11) is 4.27. The maximum absolute atomic E-state index is 5.16. The summed E-state index contributed by atoms with van der Waals surface area (Å²) < 4.78 is 3.63. The third-order valence-corrected chi connectivity index (χ3v) is 9.83. The Kier molecular flexibility index (Phi) is 17.4. The van der Waals surface area contributed by atoms with Crippen molar-refractivity contribution < 1.29 is 16.5 Å². The van der Waals surface area contributed by atoms with E-state index in [9.17, 15) is 0 Å². The molecule has 2 heterocycles. The van der Waals surface area contributed by atoms with E-state index in [-0.39, 0.29) is 16.5 Å². The molecule has 2 aliphatic rings. The van der Waals surface area contributed by atoms with Crippen molar-refractivity contribution in [3.63, 3.8) is 0 Å². The molecule has 0 aliphatic carbocycles. The Bertz CT molecular complexity index is 371. The molecule has 2 rings (SSSR count). The van der Waals surface area contributed by atoms with Crippen LogP contribution >= 0.6 is 47.0 Å². The van der Waals surface area contributed by atoms with Crippen LogP contribution in [0.15, 0.2) is 16.9 Å². The summed E-state index contributed by atoms with van der Waals surface area (Å²) in [5.74, 6) is 4.26. The smallest absolute Gasteiger partial charge is 0.00868 e. The molecule has 11 heteroatoms. The Hall–Kier alpha value is 2.17. The first-order valence-corrected chi connectivity index (χ1v) is 13.0. The summed E-state index contributed by atoms with van der Waals surface area (Å²) in [5.41, 5.74) is 0. The van der Waals surface area contributed by atoms with Gasteiger partial charge >= 0.3 is 0 Å². The van der Waals surface area contributed by atoms with Crippen molar-refractivity contribution in [1.82, 2.24) is 9.80 Å². The zero-order valence-corrected chi connectivity index (χ0v) is 21.7. The van der Waals surface area contributed by atoms with E-state index >= 15 is 0 Å². The minimum atomic E-state index is 0. The fraction of sp³-hybridized carbons (Fsp3) is 0.714. The standard InChI is InChI=1S/2C7H13NS4.Ni/c2*1-8-2-4-11-6(9)7(10)12-5-3-8;/h2*9-10H,2-5H2,1H3;/p-4/b2*7-6-;. The quantitative estimate of drug-likeness (QED) is 0.337. The molecule has 0 bridgehead atoms. The van der Waals surface area contributed by atoms with Crippen LogP contribution in [-0.2, 0) is 67.0 Å². The third-order valence-electron chi connectivity index (χ3n) is 3.16. The summed E-state index contributed by atoms with van der Waals surface area (Å²) in [4.78, 5) is 4.63. The van der Waals surface area contributed by atoms with Gasteiger partial charge in [0.05, 0.1) is 0 Å². The molecule has 2 nitrogen and oxygen atoms in total. The SMILES string of the molecule is CN1CCS/C([S-])=C(/[S-])SCC1.CN1CCS/C([S-])=C(/[S-])SCC1.[Ni]. The van der Waals surface area contributed by atoms with Crippen LogP contribution in [0.4, 0.5) is 0 Å².